The summed E-state index contributed by atoms with van der Waals surface area (Å²) in [6.45, 7) is 4.11. The molecule has 0 amide bonds. The zero-order chi connectivity index (χ0) is 12.1. The molecular formula is C16H13Br. The van der Waals surface area contributed by atoms with Gasteiger partial charge in [0.2, 0.25) is 0 Å². The molecule has 1 heteroatoms. The molecule has 0 fully saturated rings. The van der Waals surface area contributed by atoms with Crippen LogP contribution in [0, 0.1) is 0 Å². The minimum absolute atomic E-state index is 0.995. The molecule has 0 N–H and O–H groups in total. The van der Waals surface area contributed by atoms with Crippen LogP contribution in [0.25, 0.3) is 11.6 Å². The van der Waals surface area contributed by atoms with Crippen molar-refractivity contribution in [1.29, 1.82) is 0 Å². The van der Waals surface area contributed by atoms with E-state index in [1.165, 1.54) is 0 Å². The van der Waals surface area contributed by atoms with Gasteiger partial charge in [0, 0.05) is 4.48 Å². The molecule has 0 radical (unpaired) electrons. The Labute approximate surface area is 110 Å². The fraction of sp³-hybridized carbons (Fsp3) is 0. The van der Waals surface area contributed by atoms with E-state index in [1.807, 2.05) is 36.4 Å². The maximum atomic E-state index is 4.11. The molecule has 0 aliphatic heterocycles. The van der Waals surface area contributed by atoms with Crippen molar-refractivity contribution in [2.75, 3.05) is 0 Å². The molecule has 17 heavy (non-hydrogen) atoms. The molecule has 0 unspecified atom stereocenters. The lowest BCUT2D eigenvalue weighted by Gasteiger charge is -2.04. The van der Waals surface area contributed by atoms with Crippen molar-refractivity contribution in [3.8, 4) is 0 Å². The van der Waals surface area contributed by atoms with Gasteiger partial charge < -0.3 is 0 Å². The molecule has 0 nitrogen and oxygen atoms in total. The highest BCUT2D eigenvalue weighted by atomic mass is 79.9. The molecule has 0 atom stereocenters. The first-order valence-corrected chi connectivity index (χ1v) is 6.23. The van der Waals surface area contributed by atoms with Crippen molar-refractivity contribution in [3.05, 3.63) is 82.9 Å². The minimum Gasteiger partial charge on any atom is -0.0900 e. The van der Waals surface area contributed by atoms with E-state index in [0.29, 0.717) is 0 Å². The van der Waals surface area contributed by atoms with Crippen molar-refractivity contribution in [2.24, 2.45) is 0 Å². The van der Waals surface area contributed by atoms with Crippen molar-refractivity contribution in [1.82, 2.24) is 0 Å². The van der Waals surface area contributed by atoms with Crippen molar-refractivity contribution >= 4 is 27.6 Å². The van der Waals surface area contributed by atoms with Crippen molar-refractivity contribution < 1.29 is 0 Å². The first kappa shape index (κ1) is 11.9. The Bertz CT molecular complexity index is 524. The number of halogens is 1. The Balaban J connectivity index is 2.24. The number of rotatable bonds is 3. The normalized spacial score (nSPS) is 11.2. The zero-order valence-electron chi connectivity index (χ0n) is 9.44. The van der Waals surface area contributed by atoms with Gasteiger partial charge in [0.05, 0.1) is 0 Å². The summed E-state index contributed by atoms with van der Waals surface area (Å²) in [5, 5.41) is 0. The van der Waals surface area contributed by atoms with E-state index >= 15 is 0 Å². The van der Waals surface area contributed by atoms with Gasteiger partial charge >= 0.3 is 0 Å². The van der Waals surface area contributed by atoms with Gasteiger partial charge in [-0.1, -0.05) is 83.2 Å². The summed E-state index contributed by atoms with van der Waals surface area (Å²) in [4.78, 5) is 0. The van der Waals surface area contributed by atoms with Crippen LogP contribution < -0.4 is 0 Å². The quantitative estimate of drug-likeness (QED) is 0.685. The molecule has 2 aromatic rings. The SMILES string of the molecule is C=C(C(Br)=Cc1ccccc1)c1ccccc1. The van der Waals surface area contributed by atoms with E-state index in [-0.39, 0.29) is 0 Å². The Morgan fingerprint density at radius 2 is 1.41 bits per heavy atom. The van der Waals surface area contributed by atoms with Gasteiger partial charge in [0.25, 0.3) is 0 Å². The third kappa shape index (κ3) is 3.18. The smallest absolute Gasteiger partial charge is 0.0253 e. The monoisotopic (exact) mass is 284 g/mol. The number of allylic oxidation sites excluding steroid dienone is 2. The van der Waals surface area contributed by atoms with Crippen molar-refractivity contribution in [2.45, 2.75) is 0 Å². The predicted molar refractivity (Wildman–Crippen MR) is 78.8 cm³/mol. The lowest BCUT2D eigenvalue weighted by molar-refractivity contribution is 1.62. The molecule has 0 spiro atoms. The van der Waals surface area contributed by atoms with Crippen LogP contribution in [0.15, 0.2) is 71.7 Å². The highest BCUT2D eigenvalue weighted by molar-refractivity contribution is 9.12. The number of hydrogen-bond donors (Lipinski definition) is 0. The maximum absolute atomic E-state index is 4.11. The van der Waals surface area contributed by atoms with Gasteiger partial charge in [-0.05, 0) is 22.8 Å². The van der Waals surface area contributed by atoms with Crippen LogP contribution in [0.5, 0.6) is 0 Å². The number of benzene rings is 2. The summed E-state index contributed by atoms with van der Waals surface area (Å²) in [6, 6.07) is 20.4. The van der Waals surface area contributed by atoms with Gasteiger partial charge in [-0.25, -0.2) is 0 Å². The van der Waals surface area contributed by atoms with E-state index < -0.39 is 0 Å². The van der Waals surface area contributed by atoms with E-state index in [0.717, 1.165) is 21.2 Å². The Morgan fingerprint density at radius 3 is 2.00 bits per heavy atom. The average molecular weight is 285 g/mol. The minimum atomic E-state index is 0.995. The standard InChI is InChI=1S/C16H13Br/c1-13(15-10-6-3-7-11-15)16(17)12-14-8-4-2-5-9-14/h2-12H,1H2. The lowest BCUT2D eigenvalue weighted by atomic mass is 10.1. The van der Waals surface area contributed by atoms with E-state index in [4.69, 9.17) is 0 Å². The summed E-state index contributed by atoms with van der Waals surface area (Å²) in [7, 11) is 0. The summed E-state index contributed by atoms with van der Waals surface area (Å²) in [5.41, 5.74) is 3.29. The van der Waals surface area contributed by atoms with E-state index in [2.05, 4.69) is 52.9 Å². The second-order valence-electron chi connectivity index (χ2n) is 3.75. The molecule has 0 aromatic heterocycles. The van der Waals surface area contributed by atoms with Gasteiger partial charge in [0.15, 0.2) is 0 Å². The van der Waals surface area contributed by atoms with Gasteiger partial charge in [-0.2, -0.15) is 0 Å². The van der Waals surface area contributed by atoms with Crippen LogP contribution in [0.4, 0.5) is 0 Å². The molecule has 0 bridgehead atoms. The van der Waals surface area contributed by atoms with E-state index in [1.54, 1.807) is 0 Å². The summed E-state index contributed by atoms with van der Waals surface area (Å²) in [6.07, 6.45) is 2.08. The third-order valence-electron chi connectivity index (χ3n) is 2.50. The third-order valence-corrected chi connectivity index (χ3v) is 3.21. The zero-order valence-corrected chi connectivity index (χ0v) is 11.0. The fourth-order valence-electron chi connectivity index (χ4n) is 1.56. The van der Waals surface area contributed by atoms with Crippen LogP contribution in [-0.4, -0.2) is 0 Å². The molecule has 0 heterocycles. The average Bonchev–Trinajstić information content (AvgIpc) is 2.40. The predicted octanol–water partition coefficient (Wildman–Crippen LogP) is 5.14. The summed E-state index contributed by atoms with van der Waals surface area (Å²) in [5.74, 6) is 0. The molecule has 0 saturated heterocycles. The first-order valence-electron chi connectivity index (χ1n) is 5.44. The highest BCUT2D eigenvalue weighted by Crippen LogP contribution is 2.27. The lowest BCUT2D eigenvalue weighted by Crippen LogP contribution is -1.82. The van der Waals surface area contributed by atoms with Crippen LogP contribution in [0.1, 0.15) is 11.1 Å². The second-order valence-corrected chi connectivity index (χ2v) is 4.60. The molecule has 2 aromatic carbocycles. The largest absolute Gasteiger partial charge is 0.0900 e. The Morgan fingerprint density at radius 1 is 0.882 bits per heavy atom. The molecule has 84 valence electrons. The Hall–Kier alpha value is -1.60. The molecule has 0 aliphatic carbocycles. The second kappa shape index (κ2) is 5.65. The van der Waals surface area contributed by atoms with Crippen LogP contribution >= 0.6 is 15.9 Å². The van der Waals surface area contributed by atoms with Gasteiger partial charge in [-0.3, -0.25) is 0 Å². The topological polar surface area (TPSA) is 0 Å². The van der Waals surface area contributed by atoms with Crippen LogP contribution in [0.3, 0.4) is 0 Å². The van der Waals surface area contributed by atoms with Gasteiger partial charge in [0.1, 0.15) is 0 Å². The summed E-state index contributed by atoms with van der Waals surface area (Å²) >= 11 is 3.58. The van der Waals surface area contributed by atoms with Gasteiger partial charge in [-0.15, -0.1) is 0 Å². The molecule has 0 aliphatic rings. The summed E-state index contributed by atoms with van der Waals surface area (Å²) < 4.78 is 1.01. The number of hydrogen-bond acceptors (Lipinski definition) is 0. The Kier molecular flexibility index (Phi) is 3.94. The molecule has 0 saturated carbocycles. The fourth-order valence-corrected chi connectivity index (χ4v) is 2.05. The molecular weight excluding hydrogens is 272 g/mol. The first-order chi connectivity index (χ1) is 8.27. The maximum Gasteiger partial charge on any atom is 0.0253 e. The van der Waals surface area contributed by atoms with Crippen LogP contribution in [0.2, 0.25) is 0 Å². The molecule has 2 rings (SSSR count). The van der Waals surface area contributed by atoms with E-state index in [9.17, 15) is 0 Å². The van der Waals surface area contributed by atoms with Crippen LogP contribution in [-0.2, 0) is 0 Å². The van der Waals surface area contributed by atoms with Crippen molar-refractivity contribution in [3.63, 3.8) is 0 Å². The highest BCUT2D eigenvalue weighted by Gasteiger charge is 2.01.